The maximum absolute atomic E-state index is 11.8. The van der Waals surface area contributed by atoms with E-state index >= 15 is 0 Å². The highest BCUT2D eigenvalue weighted by atomic mass is 32.2. The van der Waals surface area contributed by atoms with Crippen molar-refractivity contribution in [2.75, 3.05) is 24.6 Å². The van der Waals surface area contributed by atoms with Crippen LogP contribution in [0, 0.1) is 13.8 Å². The molecule has 2 heterocycles. The summed E-state index contributed by atoms with van der Waals surface area (Å²) >= 11 is 1.92. The van der Waals surface area contributed by atoms with E-state index in [1.807, 2.05) is 23.4 Å². The molecule has 0 spiro atoms. The fraction of sp³-hybridized carbons (Fsp3) is 0.714. The molecular formula is C14H24N4OS. The van der Waals surface area contributed by atoms with E-state index in [1.54, 1.807) is 0 Å². The minimum Gasteiger partial charge on any atom is -0.356 e. The van der Waals surface area contributed by atoms with Crippen LogP contribution in [0.4, 0.5) is 0 Å². The van der Waals surface area contributed by atoms with Crippen molar-refractivity contribution in [3.8, 4) is 0 Å². The minimum atomic E-state index is 0.151. The van der Waals surface area contributed by atoms with Gasteiger partial charge >= 0.3 is 0 Å². The Bertz CT molecular complexity index is 440. The standard InChI is InChI=1S/C14H24N4OS/c1-11-8-12(2)18(17-11)6-3-4-16-14(19)9-13-10-20-7-5-15-13/h8,13,15H,3-7,9-10H2,1-2H3,(H,16,19). The lowest BCUT2D eigenvalue weighted by Gasteiger charge is -2.22. The summed E-state index contributed by atoms with van der Waals surface area (Å²) < 4.78 is 2.00. The zero-order chi connectivity index (χ0) is 14.4. The Morgan fingerprint density at radius 2 is 2.45 bits per heavy atom. The first kappa shape index (κ1) is 15.4. The van der Waals surface area contributed by atoms with Gasteiger partial charge in [0.2, 0.25) is 5.91 Å². The Morgan fingerprint density at radius 3 is 3.10 bits per heavy atom. The largest absolute Gasteiger partial charge is 0.356 e. The number of aromatic nitrogens is 2. The molecule has 2 rings (SSSR count). The highest BCUT2D eigenvalue weighted by molar-refractivity contribution is 7.99. The van der Waals surface area contributed by atoms with Crippen molar-refractivity contribution in [2.24, 2.45) is 0 Å². The predicted molar refractivity (Wildman–Crippen MR) is 83.1 cm³/mol. The van der Waals surface area contributed by atoms with E-state index in [0.717, 1.165) is 43.3 Å². The molecule has 1 fully saturated rings. The number of carbonyl (C=O) groups is 1. The molecule has 1 amide bonds. The summed E-state index contributed by atoms with van der Waals surface area (Å²) in [6.45, 7) is 6.65. The van der Waals surface area contributed by atoms with Gasteiger partial charge in [0.05, 0.1) is 5.69 Å². The third-order valence-corrected chi connectivity index (χ3v) is 4.53. The predicted octanol–water partition coefficient (Wildman–Crippen LogP) is 1.10. The number of hydrogen-bond acceptors (Lipinski definition) is 4. The first-order valence-corrected chi connectivity index (χ1v) is 8.39. The molecule has 20 heavy (non-hydrogen) atoms. The van der Waals surface area contributed by atoms with Crippen LogP contribution in [0.3, 0.4) is 0 Å². The number of rotatable bonds is 6. The molecule has 0 radical (unpaired) electrons. The summed E-state index contributed by atoms with van der Waals surface area (Å²) in [4.78, 5) is 11.8. The number of aryl methyl sites for hydroxylation is 3. The number of nitrogens with zero attached hydrogens (tertiary/aromatic N) is 2. The molecular weight excluding hydrogens is 272 g/mol. The molecule has 0 saturated carbocycles. The second kappa shape index (κ2) is 7.69. The zero-order valence-electron chi connectivity index (χ0n) is 12.3. The summed E-state index contributed by atoms with van der Waals surface area (Å²) in [5, 5.41) is 10.8. The van der Waals surface area contributed by atoms with Crippen molar-refractivity contribution >= 4 is 17.7 Å². The Balaban J connectivity index is 1.60. The molecule has 2 N–H and O–H groups in total. The minimum absolute atomic E-state index is 0.151. The first-order chi connectivity index (χ1) is 9.65. The highest BCUT2D eigenvalue weighted by Gasteiger charge is 2.16. The van der Waals surface area contributed by atoms with Crippen molar-refractivity contribution in [3.05, 3.63) is 17.5 Å². The van der Waals surface area contributed by atoms with Crippen LogP contribution in [-0.2, 0) is 11.3 Å². The number of thioether (sulfide) groups is 1. The fourth-order valence-corrected chi connectivity index (χ4v) is 3.35. The van der Waals surface area contributed by atoms with E-state index < -0.39 is 0 Å². The van der Waals surface area contributed by atoms with E-state index in [4.69, 9.17) is 0 Å². The Kier molecular flexibility index (Phi) is 5.91. The van der Waals surface area contributed by atoms with Gasteiger partial charge in [-0.1, -0.05) is 0 Å². The molecule has 0 aliphatic carbocycles. The summed E-state index contributed by atoms with van der Waals surface area (Å²) in [7, 11) is 0. The number of hydrogen-bond donors (Lipinski definition) is 2. The average Bonchev–Trinajstić information content (AvgIpc) is 2.74. The van der Waals surface area contributed by atoms with E-state index in [9.17, 15) is 4.79 Å². The third kappa shape index (κ3) is 4.83. The smallest absolute Gasteiger partial charge is 0.221 e. The molecule has 1 unspecified atom stereocenters. The van der Waals surface area contributed by atoms with Crippen LogP contribution in [0.1, 0.15) is 24.2 Å². The quantitative estimate of drug-likeness (QED) is 0.772. The second-order valence-electron chi connectivity index (χ2n) is 5.28. The van der Waals surface area contributed by atoms with Crippen LogP contribution < -0.4 is 10.6 Å². The monoisotopic (exact) mass is 296 g/mol. The molecule has 6 heteroatoms. The number of nitrogens with one attached hydrogen (secondary N) is 2. The van der Waals surface area contributed by atoms with Crippen LogP contribution in [0.25, 0.3) is 0 Å². The van der Waals surface area contributed by atoms with Crippen LogP contribution in [0.5, 0.6) is 0 Å². The van der Waals surface area contributed by atoms with Crippen molar-refractivity contribution < 1.29 is 4.79 Å². The zero-order valence-corrected chi connectivity index (χ0v) is 13.1. The van der Waals surface area contributed by atoms with Crippen molar-refractivity contribution in [3.63, 3.8) is 0 Å². The van der Waals surface area contributed by atoms with Crippen molar-refractivity contribution in [1.82, 2.24) is 20.4 Å². The van der Waals surface area contributed by atoms with Crippen molar-refractivity contribution in [2.45, 2.75) is 39.3 Å². The summed E-state index contributed by atoms with van der Waals surface area (Å²) in [6, 6.07) is 2.41. The molecule has 1 aliphatic heterocycles. The van der Waals surface area contributed by atoms with Gasteiger partial charge in [0, 0.05) is 49.3 Å². The van der Waals surface area contributed by atoms with Gasteiger partial charge in [0.1, 0.15) is 0 Å². The maximum atomic E-state index is 11.8. The van der Waals surface area contributed by atoms with Gasteiger partial charge in [-0.15, -0.1) is 0 Å². The molecule has 1 aromatic heterocycles. The molecule has 1 aromatic rings. The van der Waals surface area contributed by atoms with E-state index in [-0.39, 0.29) is 5.91 Å². The normalized spacial score (nSPS) is 19.0. The van der Waals surface area contributed by atoms with Crippen LogP contribution >= 0.6 is 11.8 Å². The van der Waals surface area contributed by atoms with Crippen molar-refractivity contribution in [1.29, 1.82) is 0 Å². The Morgan fingerprint density at radius 1 is 1.60 bits per heavy atom. The fourth-order valence-electron chi connectivity index (χ4n) is 2.40. The topological polar surface area (TPSA) is 59.0 Å². The second-order valence-corrected chi connectivity index (χ2v) is 6.43. The lowest BCUT2D eigenvalue weighted by atomic mass is 10.2. The van der Waals surface area contributed by atoms with Gasteiger partial charge in [-0.2, -0.15) is 16.9 Å². The summed E-state index contributed by atoms with van der Waals surface area (Å²) in [5.74, 6) is 2.35. The number of carbonyl (C=O) groups excluding carboxylic acids is 1. The maximum Gasteiger partial charge on any atom is 0.221 e. The Hall–Kier alpha value is -1.01. The molecule has 1 saturated heterocycles. The van der Waals surface area contributed by atoms with E-state index in [1.165, 1.54) is 5.69 Å². The lowest BCUT2D eigenvalue weighted by molar-refractivity contribution is -0.121. The highest BCUT2D eigenvalue weighted by Crippen LogP contribution is 2.09. The third-order valence-electron chi connectivity index (χ3n) is 3.40. The van der Waals surface area contributed by atoms with Crippen LogP contribution in [-0.4, -0.2) is 46.3 Å². The molecule has 5 nitrogen and oxygen atoms in total. The first-order valence-electron chi connectivity index (χ1n) is 7.24. The lowest BCUT2D eigenvalue weighted by Crippen LogP contribution is -2.41. The van der Waals surface area contributed by atoms with Gasteiger partial charge in [-0.05, 0) is 26.3 Å². The molecule has 0 aromatic carbocycles. The summed E-state index contributed by atoms with van der Waals surface area (Å²) in [6.07, 6.45) is 1.51. The van der Waals surface area contributed by atoms with E-state index in [0.29, 0.717) is 12.5 Å². The van der Waals surface area contributed by atoms with E-state index in [2.05, 4.69) is 28.7 Å². The molecule has 1 atom stereocenters. The Labute approximate surface area is 124 Å². The molecule has 0 bridgehead atoms. The number of amides is 1. The van der Waals surface area contributed by atoms with Crippen LogP contribution in [0.2, 0.25) is 0 Å². The van der Waals surface area contributed by atoms with Gasteiger partial charge in [-0.3, -0.25) is 9.48 Å². The SMILES string of the molecule is Cc1cc(C)n(CCCNC(=O)CC2CSCCN2)n1. The molecule has 1 aliphatic rings. The van der Waals surface area contributed by atoms with Gasteiger partial charge < -0.3 is 10.6 Å². The van der Waals surface area contributed by atoms with Gasteiger partial charge in [0.15, 0.2) is 0 Å². The van der Waals surface area contributed by atoms with Gasteiger partial charge in [-0.25, -0.2) is 0 Å². The summed E-state index contributed by atoms with van der Waals surface area (Å²) in [5.41, 5.74) is 2.23. The van der Waals surface area contributed by atoms with Gasteiger partial charge in [0.25, 0.3) is 0 Å². The average molecular weight is 296 g/mol. The molecule has 112 valence electrons. The van der Waals surface area contributed by atoms with Crippen LogP contribution in [0.15, 0.2) is 6.07 Å².